The number of fused-ring (bicyclic) bond motifs is 2. The van der Waals surface area contributed by atoms with E-state index in [1.54, 1.807) is 12.4 Å². The van der Waals surface area contributed by atoms with Crippen LogP contribution in [0.4, 0.5) is 17.2 Å². The predicted molar refractivity (Wildman–Crippen MR) is 118 cm³/mol. The number of para-hydroxylation sites is 1. The van der Waals surface area contributed by atoms with Crippen LogP contribution in [-0.2, 0) is 17.6 Å². The van der Waals surface area contributed by atoms with Crippen molar-refractivity contribution in [1.82, 2.24) is 15.0 Å². The number of nitrogens with one attached hydrogen (secondary N) is 1. The Kier molecular flexibility index (Phi) is 4.81. The average Bonchev–Trinajstić information content (AvgIpc) is 2.80. The number of aromatic nitrogens is 3. The van der Waals surface area contributed by atoms with Crippen molar-refractivity contribution in [3.63, 3.8) is 0 Å². The predicted octanol–water partition coefficient (Wildman–Crippen LogP) is 4.29. The second-order valence-electron chi connectivity index (χ2n) is 7.37. The summed E-state index contributed by atoms with van der Waals surface area (Å²) in [5.74, 6) is 0.842. The molecule has 30 heavy (non-hydrogen) atoms. The van der Waals surface area contributed by atoms with Crippen molar-refractivity contribution in [1.29, 1.82) is 0 Å². The van der Waals surface area contributed by atoms with Crippen molar-refractivity contribution in [2.24, 2.45) is 0 Å². The Balaban J connectivity index is 1.28. The number of anilines is 3. The van der Waals surface area contributed by atoms with Gasteiger partial charge in [0.2, 0.25) is 5.91 Å². The molecular formula is C24H21N5O. The number of benzene rings is 2. The Morgan fingerprint density at radius 2 is 1.80 bits per heavy atom. The molecule has 2 aromatic carbocycles. The number of hydrogen-bond donors (Lipinski definition) is 1. The number of carbonyl (C=O) groups is 1. The van der Waals surface area contributed by atoms with Crippen molar-refractivity contribution in [2.45, 2.75) is 19.3 Å². The first-order valence-corrected chi connectivity index (χ1v) is 10.1. The summed E-state index contributed by atoms with van der Waals surface area (Å²) >= 11 is 0. The van der Waals surface area contributed by atoms with E-state index in [1.807, 2.05) is 59.5 Å². The molecule has 1 N–H and O–H groups in total. The first-order chi connectivity index (χ1) is 14.8. The summed E-state index contributed by atoms with van der Waals surface area (Å²) < 4.78 is 0. The third kappa shape index (κ3) is 3.72. The van der Waals surface area contributed by atoms with Gasteiger partial charge in [0, 0.05) is 30.3 Å². The molecular weight excluding hydrogens is 374 g/mol. The van der Waals surface area contributed by atoms with Gasteiger partial charge in [0.25, 0.3) is 0 Å². The van der Waals surface area contributed by atoms with E-state index in [0.717, 1.165) is 41.8 Å². The minimum Gasteiger partial charge on any atom is -0.340 e. The van der Waals surface area contributed by atoms with Gasteiger partial charge in [0.15, 0.2) is 5.65 Å². The van der Waals surface area contributed by atoms with Crippen molar-refractivity contribution < 1.29 is 4.79 Å². The summed E-state index contributed by atoms with van der Waals surface area (Å²) in [5, 5.41) is 3.28. The van der Waals surface area contributed by atoms with E-state index in [-0.39, 0.29) is 5.91 Å². The molecule has 0 unspecified atom stereocenters. The minimum absolute atomic E-state index is 0.137. The molecule has 148 valence electrons. The molecule has 5 rings (SSSR count). The summed E-state index contributed by atoms with van der Waals surface area (Å²) in [4.78, 5) is 27.8. The van der Waals surface area contributed by atoms with Gasteiger partial charge in [-0.25, -0.2) is 9.97 Å². The van der Waals surface area contributed by atoms with Crippen molar-refractivity contribution >= 4 is 34.3 Å². The Morgan fingerprint density at radius 3 is 2.70 bits per heavy atom. The molecule has 4 aromatic rings. The number of aryl methyl sites for hydroxylation is 1. The largest absolute Gasteiger partial charge is 0.340 e. The molecule has 3 heterocycles. The van der Waals surface area contributed by atoms with Crippen molar-refractivity contribution in [3.05, 3.63) is 84.2 Å². The zero-order chi connectivity index (χ0) is 20.3. The summed E-state index contributed by atoms with van der Waals surface area (Å²) in [5.41, 5.74) is 5.57. The number of hydrogen-bond acceptors (Lipinski definition) is 5. The smallest absolute Gasteiger partial charge is 0.231 e. The highest BCUT2D eigenvalue weighted by atomic mass is 16.2. The van der Waals surface area contributed by atoms with Crippen LogP contribution in [0.3, 0.4) is 0 Å². The van der Waals surface area contributed by atoms with Crippen LogP contribution in [0.1, 0.15) is 17.5 Å². The van der Waals surface area contributed by atoms with Crippen LogP contribution >= 0.6 is 0 Å². The monoisotopic (exact) mass is 395 g/mol. The second kappa shape index (κ2) is 7.91. The van der Waals surface area contributed by atoms with Gasteiger partial charge in [0.1, 0.15) is 11.3 Å². The first kappa shape index (κ1) is 18.2. The van der Waals surface area contributed by atoms with E-state index in [2.05, 4.69) is 26.3 Å². The molecule has 1 aliphatic heterocycles. The van der Waals surface area contributed by atoms with Gasteiger partial charge < -0.3 is 10.2 Å². The third-order valence-corrected chi connectivity index (χ3v) is 5.32. The SMILES string of the molecule is O=C(Cc1ccc(Nc2ccc3nccnc3n2)cc1)N1CCCc2ccccc21. The number of pyridine rings is 1. The Hall–Kier alpha value is -3.80. The normalized spacial score (nSPS) is 13.1. The van der Waals surface area contributed by atoms with E-state index >= 15 is 0 Å². The van der Waals surface area contributed by atoms with E-state index in [4.69, 9.17) is 0 Å². The fourth-order valence-electron chi connectivity index (χ4n) is 3.84. The van der Waals surface area contributed by atoms with Crippen LogP contribution in [0.5, 0.6) is 0 Å². The quantitative estimate of drug-likeness (QED) is 0.558. The second-order valence-corrected chi connectivity index (χ2v) is 7.37. The molecule has 0 saturated heterocycles. The number of rotatable bonds is 4. The molecule has 0 atom stereocenters. The van der Waals surface area contributed by atoms with Gasteiger partial charge in [-0.1, -0.05) is 30.3 Å². The summed E-state index contributed by atoms with van der Waals surface area (Å²) in [6.07, 6.45) is 5.72. The maximum atomic E-state index is 12.9. The van der Waals surface area contributed by atoms with Gasteiger partial charge in [-0.2, -0.15) is 0 Å². The lowest BCUT2D eigenvalue weighted by Gasteiger charge is -2.29. The zero-order valence-electron chi connectivity index (χ0n) is 16.5. The lowest BCUT2D eigenvalue weighted by Crippen LogP contribution is -2.36. The van der Waals surface area contributed by atoms with Gasteiger partial charge in [-0.3, -0.25) is 9.78 Å². The molecule has 6 nitrogen and oxygen atoms in total. The van der Waals surface area contributed by atoms with Gasteiger partial charge in [-0.05, 0) is 54.3 Å². The van der Waals surface area contributed by atoms with E-state index in [0.29, 0.717) is 17.9 Å². The van der Waals surface area contributed by atoms with E-state index in [1.165, 1.54) is 5.56 Å². The molecule has 0 spiro atoms. The zero-order valence-corrected chi connectivity index (χ0v) is 16.5. The highest BCUT2D eigenvalue weighted by Gasteiger charge is 2.22. The van der Waals surface area contributed by atoms with Crippen LogP contribution in [0.2, 0.25) is 0 Å². The third-order valence-electron chi connectivity index (χ3n) is 5.32. The summed E-state index contributed by atoms with van der Waals surface area (Å²) in [6.45, 7) is 0.784. The van der Waals surface area contributed by atoms with Gasteiger partial charge in [-0.15, -0.1) is 0 Å². The average molecular weight is 395 g/mol. The van der Waals surface area contributed by atoms with Gasteiger partial charge in [0.05, 0.1) is 6.42 Å². The molecule has 1 aliphatic rings. The molecule has 0 aliphatic carbocycles. The molecule has 0 bridgehead atoms. The van der Waals surface area contributed by atoms with Crippen LogP contribution in [0, 0.1) is 0 Å². The van der Waals surface area contributed by atoms with E-state index in [9.17, 15) is 4.79 Å². The fourth-order valence-corrected chi connectivity index (χ4v) is 3.84. The molecule has 2 aromatic heterocycles. The highest BCUT2D eigenvalue weighted by Crippen LogP contribution is 2.27. The topological polar surface area (TPSA) is 71.0 Å². The maximum absolute atomic E-state index is 12.9. The number of nitrogens with zero attached hydrogens (tertiary/aromatic N) is 4. The lowest BCUT2D eigenvalue weighted by molar-refractivity contribution is -0.118. The van der Waals surface area contributed by atoms with Crippen LogP contribution in [-0.4, -0.2) is 27.4 Å². The molecule has 1 amide bonds. The van der Waals surface area contributed by atoms with Crippen LogP contribution in [0.25, 0.3) is 11.2 Å². The fraction of sp³-hybridized carbons (Fsp3) is 0.167. The van der Waals surface area contributed by atoms with Crippen LogP contribution in [0.15, 0.2) is 73.1 Å². The van der Waals surface area contributed by atoms with Gasteiger partial charge >= 0.3 is 0 Å². The molecule has 0 radical (unpaired) electrons. The van der Waals surface area contributed by atoms with Crippen molar-refractivity contribution in [3.8, 4) is 0 Å². The van der Waals surface area contributed by atoms with Crippen LogP contribution < -0.4 is 10.2 Å². The van der Waals surface area contributed by atoms with E-state index < -0.39 is 0 Å². The lowest BCUT2D eigenvalue weighted by atomic mass is 10.0. The van der Waals surface area contributed by atoms with Crippen molar-refractivity contribution in [2.75, 3.05) is 16.8 Å². The Labute approximate surface area is 174 Å². The standard InChI is InChI=1S/C24H21N5O/c30-23(29-15-3-5-18-4-1-2-6-21(18)29)16-17-7-9-19(10-8-17)27-22-12-11-20-24(28-22)26-14-13-25-20/h1-2,4,6-14H,3,5,15-16H2,(H,26,27,28). The Morgan fingerprint density at radius 1 is 0.967 bits per heavy atom. The highest BCUT2D eigenvalue weighted by molar-refractivity contribution is 5.96. The number of amides is 1. The molecule has 6 heteroatoms. The summed E-state index contributed by atoms with van der Waals surface area (Å²) in [6, 6.07) is 19.9. The molecule has 0 saturated carbocycles. The maximum Gasteiger partial charge on any atom is 0.231 e. The number of carbonyl (C=O) groups excluding carboxylic acids is 1. The first-order valence-electron chi connectivity index (χ1n) is 10.1. The Bertz CT molecular complexity index is 1210. The minimum atomic E-state index is 0.137. The summed E-state index contributed by atoms with van der Waals surface area (Å²) in [7, 11) is 0. The molecule has 0 fully saturated rings.